The summed E-state index contributed by atoms with van der Waals surface area (Å²) in [6.07, 6.45) is 1.75. The maximum Gasteiger partial charge on any atom is 0.0759 e. The van der Waals surface area contributed by atoms with E-state index >= 15 is 0 Å². The molecule has 0 saturated carbocycles. The number of aromatic nitrogens is 1. The molecule has 1 N–H and O–H groups in total. The van der Waals surface area contributed by atoms with E-state index in [2.05, 4.69) is 4.98 Å². The summed E-state index contributed by atoms with van der Waals surface area (Å²) in [6.45, 7) is 2.10. The number of aryl methyl sites for hydroxylation is 1. The molecular formula is C11H11NO. The van der Waals surface area contributed by atoms with Gasteiger partial charge in [-0.15, -0.1) is 0 Å². The first-order valence-corrected chi connectivity index (χ1v) is 4.27. The molecule has 0 amide bonds. The topological polar surface area (TPSA) is 33.1 Å². The summed E-state index contributed by atoms with van der Waals surface area (Å²) < 4.78 is 0. The lowest BCUT2D eigenvalue weighted by atomic mass is 10.1. The van der Waals surface area contributed by atoms with E-state index in [9.17, 15) is 0 Å². The Bertz CT molecular complexity index is 437. The van der Waals surface area contributed by atoms with Gasteiger partial charge in [0.2, 0.25) is 0 Å². The molecule has 1 heterocycles. The SMILES string of the molecule is Cc1ccc(CO)c2ncccc12. The summed E-state index contributed by atoms with van der Waals surface area (Å²) in [7, 11) is 0. The molecule has 13 heavy (non-hydrogen) atoms. The highest BCUT2D eigenvalue weighted by atomic mass is 16.3. The molecule has 1 aromatic carbocycles. The lowest BCUT2D eigenvalue weighted by molar-refractivity contribution is 0.283. The zero-order valence-electron chi connectivity index (χ0n) is 7.49. The molecule has 1 aromatic heterocycles. The highest BCUT2D eigenvalue weighted by Crippen LogP contribution is 2.19. The second kappa shape index (κ2) is 3.15. The maximum atomic E-state index is 9.09. The summed E-state index contributed by atoms with van der Waals surface area (Å²) in [4.78, 5) is 4.25. The van der Waals surface area contributed by atoms with E-state index in [1.54, 1.807) is 6.20 Å². The minimum atomic E-state index is 0.0494. The second-order valence-corrected chi connectivity index (χ2v) is 3.10. The molecule has 0 atom stereocenters. The van der Waals surface area contributed by atoms with E-state index in [0.29, 0.717) is 0 Å². The zero-order chi connectivity index (χ0) is 9.26. The van der Waals surface area contributed by atoms with E-state index < -0.39 is 0 Å². The number of hydrogen-bond donors (Lipinski definition) is 1. The highest BCUT2D eigenvalue weighted by Gasteiger charge is 2.02. The largest absolute Gasteiger partial charge is 0.392 e. The van der Waals surface area contributed by atoms with Crippen molar-refractivity contribution in [3.8, 4) is 0 Å². The molecule has 0 saturated heterocycles. The Morgan fingerprint density at radius 3 is 2.92 bits per heavy atom. The van der Waals surface area contributed by atoms with Crippen LogP contribution in [0.25, 0.3) is 10.9 Å². The predicted octanol–water partition coefficient (Wildman–Crippen LogP) is 2.04. The third-order valence-electron chi connectivity index (χ3n) is 2.24. The van der Waals surface area contributed by atoms with Crippen molar-refractivity contribution in [2.24, 2.45) is 0 Å². The Morgan fingerprint density at radius 2 is 2.15 bits per heavy atom. The van der Waals surface area contributed by atoms with Gasteiger partial charge in [-0.3, -0.25) is 4.98 Å². The van der Waals surface area contributed by atoms with Crippen LogP contribution in [0.4, 0.5) is 0 Å². The van der Waals surface area contributed by atoms with Crippen molar-refractivity contribution in [2.75, 3.05) is 0 Å². The number of hydrogen-bond acceptors (Lipinski definition) is 2. The van der Waals surface area contributed by atoms with E-state index in [-0.39, 0.29) is 6.61 Å². The fourth-order valence-corrected chi connectivity index (χ4v) is 1.50. The first kappa shape index (κ1) is 8.20. The van der Waals surface area contributed by atoms with Crippen LogP contribution in [-0.2, 0) is 6.61 Å². The van der Waals surface area contributed by atoms with Gasteiger partial charge in [0.05, 0.1) is 12.1 Å². The predicted molar refractivity (Wildman–Crippen MR) is 52.4 cm³/mol. The van der Waals surface area contributed by atoms with Gasteiger partial charge in [-0.1, -0.05) is 18.2 Å². The standard InChI is InChI=1S/C11H11NO/c1-8-4-5-9(7-13)11-10(8)3-2-6-12-11/h2-6,13H,7H2,1H3. The van der Waals surface area contributed by atoms with Gasteiger partial charge in [0.15, 0.2) is 0 Å². The summed E-state index contributed by atoms with van der Waals surface area (Å²) in [5.41, 5.74) is 2.99. The van der Waals surface area contributed by atoms with Gasteiger partial charge in [0.1, 0.15) is 0 Å². The van der Waals surface area contributed by atoms with Gasteiger partial charge in [-0.05, 0) is 18.6 Å². The van der Waals surface area contributed by atoms with Crippen molar-refractivity contribution in [2.45, 2.75) is 13.5 Å². The minimum absolute atomic E-state index is 0.0494. The Hall–Kier alpha value is -1.41. The fourth-order valence-electron chi connectivity index (χ4n) is 1.50. The Kier molecular flexibility index (Phi) is 1.99. The highest BCUT2D eigenvalue weighted by molar-refractivity contribution is 5.84. The monoisotopic (exact) mass is 173 g/mol. The van der Waals surface area contributed by atoms with E-state index in [1.165, 1.54) is 5.56 Å². The quantitative estimate of drug-likeness (QED) is 0.715. The number of aliphatic hydroxyl groups excluding tert-OH is 1. The molecule has 66 valence electrons. The van der Waals surface area contributed by atoms with Crippen LogP contribution in [0.15, 0.2) is 30.5 Å². The van der Waals surface area contributed by atoms with Crippen molar-refractivity contribution in [3.05, 3.63) is 41.6 Å². The van der Waals surface area contributed by atoms with Crippen molar-refractivity contribution in [1.29, 1.82) is 0 Å². The fraction of sp³-hybridized carbons (Fsp3) is 0.182. The summed E-state index contributed by atoms with van der Waals surface area (Å²) in [5.74, 6) is 0. The molecule has 0 bridgehead atoms. The van der Waals surface area contributed by atoms with E-state index in [4.69, 9.17) is 5.11 Å². The molecule has 2 nitrogen and oxygen atoms in total. The number of aliphatic hydroxyl groups is 1. The molecule has 0 spiro atoms. The van der Waals surface area contributed by atoms with Crippen LogP contribution in [-0.4, -0.2) is 10.1 Å². The van der Waals surface area contributed by atoms with E-state index in [0.717, 1.165) is 16.5 Å². The average molecular weight is 173 g/mol. The van der Waals surface area contributed by atoms with Crippen LogP contribution < -0.4 is 0 Å². The molecule has 2 aromatic rings. The van der Waals surface area contributed by atoms with Gasteiger partial charge in [0.25, 0.3) is 0 Å². The lowest BCUT2D eigenvalue weighted by Crippen LogP contribution is -1.90. The number of fused-ring (bicyclic) bond motifs is 1. The Morgan fingerprint density at radius 1 is 1.31 bits per heavy atom. The molecule has 0 fully saturated rings. The van der Waals surface area contributed by atoms with Gasteiger partial charge in [-0.2, -0.15) is 0 Å². The van der Waals surface area contributed by atoms with Crippen molar-refractivity contribution in [1.82, 2.24) is 4.98 Å². The summed E-state index contributed by atoms with van der Waals surface area (Å²) in [5, 5.41) is 10.2. The maximum absolute atomic E-state index is 9.09. The van der Waals surface area contributed by atoms with Gasteiger partial charge < -0.3 is 5.11 Å². The first-order chi connectivity index (χ1) is 6.33. The summed E-state index contributed by atoms with van der Waals surface area (Å²) >= 11 is 0. The number of benzene rings is 1. The molecule has 0 radical (unpaired) electrons. The molecule has 0 aliphatic carbocycles. The third kappa shape index (κ3) is 1.29. The average Bonchev–Trinajstić information content (AvgIpc) is 2.19. The van der Waals surface area contributed by atoms with Crippen LogP contribution in [0, 0.1) is 6.92 Å². The van der Waals surface area contributed by atoms with Crippen LogP contribution in [0.5, 0.6) is 0 Å². The van der Waals surface area contributed by atoms with Crippen LogP contribution in [0.2, 0.25) is 0 Å². The number of pyridine rings is 1. The van der Waals surface area contributed by atoms with Crippen LogP contribution in [0.1, 0.15) is 11.1 Å². The molecule has 2 heteroatoms. The first-order valence-electron chi connectivity index (χ1n) is 4.27. The Balaban J connectivity index is 2.84. The van der Waals surface area contributed by atoms with Gasteiger partial charge >= 0.3 is 0 Å². The number of nitrogens with zero attached hydrogens (tertiary/aromatic N) is 1. The summed E-state index contributed by atoms with van der Waals surface area (Å²) in [6, 6.07) is 7.87. The van der Waals surface area contributed by atoms with Crippen molar-refractivity contribution >= 4 is 10.9 Å². The van der Waals surface area contributed by atoms with E-state index in [1.807, 2.05) is 31.2 Å². The Labute approximate surface area is 76.9 Å². The lowest BCUT2D eigenvalue weighted by Gasteiger charge is -2.04. The number of rotatable bonds is 1. The van der Waals surface area contributed by atoms with Gasteiger partial charge in [-0.25, -0.2) is 0 Å². The molecule has 0 aliphatic heterocycles. The zero-order valence-corrected chi connectivity index (χ0v) is 7.49. The van der Waals surface area contributed by atoms with Gasteiger partial charge in [0, 0.05) is 17.1 Å². The van der Waals surface area contributed by atoms with Crippen LogP contribution >= 0.6 is 0 Å². The molecule has 0 unspecified atom stereocenters. The van der Waals surface area contributed by atoms with Crippen molar-refractivity contribution in [3.63, 3.8) is 0 Å². The second-order valence-electron chi connectivity index (χ2n) is 3.10. The molecule has 2 rings (SSSR count). The molecule has 0 aliphatic rings. The van der Waals surface area contributed by atoms with Crippen molar-refractivity contribution < 1.29 is 5.11 Å². The van der Waals surface area contributed by atoms with Crippen LogP contribution in [0.3, 0.4) is 0 Å². The normalized spacial score (nSPS) is 10.6. The smallest absolute Gasteiger partial charge is 0.0759 e. The minimum Gasteiger partial charge on any atom is -0.392 e. The third-order valence-corrected chi connectivity index (χ3v) is 2.24. The molecular weight excluding hydrogens is 162 g/mol.